The van der Waals surface area contributed by atoms with E-state index in [0.717, 1.165) is 12.8 Å². The maximum atomic E-state index is 11.9. The van der Waals surface area contributed by atoms with Crippen LogP contribution in [0.25, 0.3) is 0 Å². The number of amides is 1. The predicted octanol–water partition coefficient (Wildman–Crippen LogP) is 1.71. The molecule has 22 heavy (non-hydrogen) atoms. The van der Waals surface area contributed by atoms with E-state index in [4.69, 9.17) is 21.1 Å². The molecule has 2 N–H and O–H groups in total. The van der Waals surface area contributed by atoms with Gasteiger partial charge in [0, 0.05) is 17.5 Å². The van der Waals surface area contributed by atoms with Crippen molar-refractivity contribution >= 4 is 23.5 Å². The van der Waals surface area contributed by atoms with Crippen LogP contribution in [0.1, 0.15) is 12.8 Å². The third kappa shape index (κ3) is 4.89. The van der Waals surface area contributed by atoms with Crippen LogP contribution < -0.4 is 10.1 Å². The number of benzene rings is 1. The minimum absolute atomic E-state index is 0.217. The molecule has 0 aromatic heterocycles. The van der Waals surface area contributed by atoms with Crippen LogP contribution in [-0.2, 0) is 14.3 Å². The second-order valence-electron chi connectivity index (χ2n) is 5.10. The van der Waals surface area contributed by atoms with E-state index < -0.39 is 17.9 Å². The highest BCUT2D eigenvalue weighted by molar-refractivity contribution is 6.30. The summed E-state index contributed by atoms with van der Waals surface area (Å²) in [6, 6.07) is 5.61. The number of hydrogen-bond acceptors (Lipinski definition) is 4. The second-order valence-corrected chi connectivity index (χ2v) is 5.54. The Labute approximate surface area is 133 Å². The van der Waals surface area contributed by atoms with Gasteiger partial charge in [0.1, 0.15) is 11.8 Å². The van der Waals surface area contributed by atoms with Crippen molar-refractivity contribution in [3.05, 3.63) is 29.3 Å². The van der Waals surface area contributed by atoms with E-state index in [9.17, 15) is 14.7 Å². The molecule has 1 aliphatic heterocycles. The van der Waals surface area contributed by atoms with E-state index in [1.165, 1.54) is 0 Å². The van der Waals surface area contributed by atoms with Crippen molar-refractivity contribution in [2.24, 2.45) is 5.92 Å². The summed E-state index contributed by atoms with van der Waals surface area (Å²) in [5, 5.41) is 12.3. The summed E-state index contributed by atoms with van der Waals surface area (Å²) in [7, 11) is 0. The Morgan fingerprint density at radius 1 is 1.41 bits per heavy atom. The number of carbonyl (C=O) groups excluding carboxylic acids is 1. The van der Waals surface area contributed by atoms with Crippen molar-refractivity contribution in [2.45, 2.75) is 18.9 Å². The molecule has 7 heteroatoms. The molecule has 1 aromatic rings. The van der Waals surface area contributed by atoms with E-state index >= 15 is 0 Å². The van der Waals surface area contributed by atoms with Gasteiger partial charge in [-0.15, -0.1) is 0 Å². The number of aliphatic carboxylic acids is 1. The summed E-state index contributed by atoms with van der Waals surface area (Å²) in [6.45, 7) is 0.727. The molecule has 0 spiro atoms. The molecule has 1 heterocycles. The Bertz CT molecular complexity index is 513. The summed E-state index contributed by atoms with van der Waals surface area (Å²) in [4.78, 5) is 23.2. The summed E-state index contributed by atoms with van der Waals surface area (Å²) in [5.41, 5.74) is 0. The maximum Gasteiger partial charge on any atom is 0.326 e. The quantitative estimate of drug-likeness (QED) is 0.831. The Hall–Kier alpha value is -1.79. The fraction of sp³-hybridized carbons (Fsp3) is 0.467. The molecule has 1 fully saturated rings. The number of carboxylic acid groups (broad SMARTS) is 1. The summed E-state index contributed by atoms with van der Waals surface area (Å²) in [6.07, 6.45) is 1.51. The lowest BCUT2D eigenvalue weighted by Crippen LogP contribution is -2.49. The van der Waals surface area contributed by atoms with Crippen LogP contribution in [0.15, 0.2) is 24.3 Å². The van der Waals surface area contributed by atoms with E-state index in [1.54, 1.807) is 24.3 Å². The Balaban J connectivity index is 1.85. The Kier molecular flexibility index (Phi) is 6.03. The monoisotopic (exact) mass is 327 g/mol. The second kappa shape index (κ2) is 8.00. The van der Waals surface area contributed by atoms with Crippen LogP contribution in [0, 0.1) is 5.92 Å². The van der Waals surface area contributed by atoms with Gasteiger partial charge in [0.05, 0.1) is 6.61 Å². The van der Waals surface area contributed by atoms with Gasteiger partial charge < -0.3 is 19.9 Å². The molecule has 1 amide bonds. The number of ether oxygens (including phenoxy) is 2. The highest BCUT2D eigenvalue weighted by atomic mass is 35.5. The molecule has 0 saturated carbocycles. The lowest BCUT2D eigenvalue weighted by Gasteiger charge is -2.28. The van der Waals surface area contributed by atoms with Gasteiger partial charge in [-0.3, -0.25) is 4.79 Å². The molecule has 2 unspecified atom stereocenters. The van der Waals surface area contributed by atoms with E-state index in [-0.39, 0.29) is 12.5 Å². The van der Waals surface area contributed by atoms with Crippen LogP contribution in [-0.4, -0.2) is 42.8 Å². The lowest BCUT2D eigenvalue weighted by atomic mass is 9.94. The summed E-state index contributed by atoms with van der Waals surface area (Å²) in [5.74, 6) is -1.26. The van der Waals surface area contributed by atoms with Crippen molar-refractivity contribution in [3.8, 4) is 5.75 Å². The number of hydrogen-bond donors (Lipinski definition) is 2. The molecule has 2 atom stereocenters. The minimum Gasteiger partial charge on any atom is -0.484 e. The summed E-state index contributed by atoms with van der Waals surface area (Å²) >= 11 is 5.75. The zero-order valence-corrected chi connectivity index (χ0v) is 12.7. The molecule has 0 aliphatic carbocycles. The highest BCUT2D eigenvalue weighted by Crippen LogP contribution is 2.18. The molecular weight excluding hydrogens is 310 g/mol. The van der Waals surface area contributed by atoms with Gasteiger partial charge in [-0.1, -0.05) is 11.6 Å². The lowest BCUT2D eigenvalue weighted by molar-refractivity contribution is -0.145. The molecule has 6 nitrogen and oxygen atoms in total. The van der Waals surface area contributed by atoms with Gasteiger partial charge >= 0.3 is 5.97 Å². The van der Waals surface area contributed by atoms with Gasteiger partial charge in [0.25, 0.3) is 5.91 Å². The molecule has 2 rings (SSSR count). The highest BCUT2D eigenvalue weighted by Gasteiger charge is 2.31. The van der Waals surface area contributed by atoms with Crippen molar-refractivity contribution in [3.63, 3.8) is 0 Å². The third-order valence-electron chi connectivity index (χ3n) is 3.43. The first-order valence-corrected chi connectivity index (χ1v) is 7.42. The van der Waals surface area contributed by atoms with Crippen molar-refractivity contribution in [2.75, 3.05) is 19.8 Å². The first kappa shape index (κ1) is 16.6. The van der Waals surface area contributed by atoms with Crippen molar-refractivity contribution < 1.29 is 24.2 Å². The molecule has 1 aromatic carbocycles. The fourth-order valence-corrected chi connectivity index (χ4v) is 2.43. The van der Waals surface area contributed by atoms with Crippen molar-refractivity contribution in [1.82, 2.24) is 5.32 Å². The predicted molar refractivity (Wildman–Crippen MR) is 80.1 cm³/mol. The van der Waals surface area contributed by atoms with E-state index in [1.807, 2.05) is 0 Å². The fourth-order valence-electron chi connectivity index (χ4n) is 2.30. The van der Waals surface area contributed by atoms with Crippen LogP contribution >= 0.6 is 11.6 Å². The average Bonchev–Trinajstić information content (AvgIpc) is 2.52. The molecule has 0 bridgehead atoms. The molecule has 1 aliphatic rings. The number of carbonyl (C=O) groups is 2. The van der Waals surface area contributed by atoms with Gasteiger partial charge in [-0.2, -0.15) is 0 Å². The third-order valence-corrected chi connectivity index (χ3v) is 3.69. The number of halogens is 1. The molecule has 0 radical (unpaired) electrons. The van der Waals surface area contributed by atoms with Crippen LogP contribution in [0.4, 0.5) is 0 Å². The van der Waals surface area contributed by atoms with Crippen LogP contribution in [0.2, 0.25) is 5.02 Å². The minimum atomic E-state index is -1.06. The maximum absolute atomic E-state index is 11.9. The normalized spacial score (nSPS) is 19.2. The zero-order valence-electron chi connectivity index (χ0n) is 12.0. The van der Waals surface area contributed by atoms with Crippen molar-refractivity contribution in [1.29, 1.82) is 0 Å². The smallest absolute Gasteiger partial charge is 0.326 e. The van der Waals surface area contributed by atoms with Crippen LogP contribution in [0.3, 0.4) is 0 Å². The SMILES string of the molecule is O=C(COc1ccc(Cl)cc1)NC(C(=O)O)C1CCCOC1. The topological polar surface area (TPSA) is 84.9 Å². The number of rotatable bonds is 6. The van der Waals surface area contributed by atoms with Gasteiger partial charge in [0.15, 0.2) is 6.61 Å². The molecular formula is C15H18ClNO5. The summed E-state index contributed by atoms with van der Waals surface area (Å²) < 4.78 is 10.6. The first-order chi connectivity index (χ1) is 10.6. The average molecular weight is 328 g/mol. The largest absolute Gasteiger partial charge is 0.484 e. The van der Waals surface area contributed by atoms with E-state index in [2.05, 4.69) is 5.32 Å². The van der Waals surface area contributed by atoms with Gasteiger partial charge in [-0.05, 0) is 37.1 Å². The van der Waals surface area contributed by atoms with E-state index in [0.29, 0.717) is 24.0 Å². The Morgan fingerprint density at radius 3 is 2.73 bits per heavy atom. The standard InChI is InChI=1S/C15H18ClNO5/c16-11-3-5-12(6-4-11)22-9-13(18)17-14(15(19)20)10-2-1-7-21-8-10/h3-6,10,14H,1-2,7-9H2,(H,17,18)(H,19,20). The van der Waals surface area contributed by atoms with Gasteiger partial charge in [0.2, 0.25) is 0 Å². The zero-order chi connectivity index (χ0) is 15.9. The molecule has 1 saturated heterocycles. The number of carboxylic acids is 1. The molecule has 120 valence electrons. The number of nitrogens with one attached hydrogen (secondary N) is 1. The van der Waals surface area contributed by atoms with Gasteiger partial charge in [-0.25, -0.2) is 4.79 Å². The first-order valence-electron chi connectivity index (χ1n) is 7.04. The Morgan fingerprint density at radius 2 is 2.14 bits per heavy atom. The van der Waals surface area contributed by atoms with Crippen LogP contribution in [0.5, 0.6) is 5.75 Å².